The van der Waals surface area contributed by atoms with Crippen LogP contribution in [0, 0.1) is 18.3 Å². The van der Waals surface area contributed by atoms with Crippen molar-refractivity contribution in [3.63, 3.8) is 0 Å². The summed E-state index contributed by atoms with van der Waals surface area (Å²) in [5.41, 5.74) is 0.465. The SMILES string of the molecule is Cc1nc(CN2CCCC(C(C)(C)C(=O)O)C2)cs1. The minimum Gasteiger partial charge on any atom is -0.481 e. The Labute approximate surface area is 118 Å². The summed E-state index contributed by atoms with van der Waals surface area (Å²) in [6.07, 6.45) is 2.08. The van der Waals surface area contributed by atoms with Gasteiger partial charge in [0.25, 0.3) is 0 Å². The first-order valence-electron chi connectivity index (χ1n) is 6.76. The second kappa shape index (κ2) is 5.59. The molecule has 1 N–H and O–H groups in total. The van der Waals surface area contributed by atoms with Crippen molar-refractivity contribution in [2.24, 2.45) is 11.3 Å². The van der Waals surface area contributed by atoms with Gasteiger partial charge >= 0.3 is 5.97 Å². The van der Waals surface area contributed by atoms with Crippen molar-refractivity contribution in [2.45, 2.75) is 40.2 Å². The summed E-state index contributed by atoms with van der Waals surface area (Å²) in [5.74, 6) is -0.470. The Bertz CT molecular complexity index is 456. The van der Waals surface area contributed by atoms with E-state index in [-0.39, 0.29) is 5.92 Å². The van der Waals surface area contributed by atoms with Crippen LogP contribution in [0.1, 0.15) is 37.4 Å². The number of rotatable bonds is 4. The van der Waals surface area contributed by atoms with Gasteiger partial charge in [0.1, 0.15) is 0 Å². The van der Waals surface area contributed by atoms with Gasteiger partial charge in [0.2, 0.25) is 0 Å². The van der Waals surface area contributed by atoms with Gasteiger partial charge < -0.3 is 5.11 Å². The Hall–Kier alpha value is -0.940. The molecular weight excluding hydrogens is 260 g/mol. The highest BCUT2D eigenvalue weighted by Crippen LogP contribution is 2.34. The predicted molar refractivity (Wildman–Crippen MR) is 76.3 cm³/mol. The summed E-state index contributed by atoms with van der Waals surface area (Å²) in [7, 11) is 0. The topological polar surface area (TPSA) is 53.4 Å². The maximum absolute atomic E-state index is 11.4. The molecule has 1 fully saturated rings. The van der Waals surface area contributed by atoms with Crippen LogP contribution in [-0.4, -0.2) is 34.0 Å². The third-order valence-electron chi connectivity index (χ3n) is 4.13. The highest BCUT2D eigenvalue weighted by atomic mass is 32.1. The van der Waals surface area contributed by atoms with E-state index in [1.807, 2.05) is 20.8 Å². The molecule has 1 aromatic heterocycles. The summed E-state index contributed by atoms with van der Waals surface area (Å²) in [6.45, 7) is 8.45. The summed E-state index contributed by atoms with van der Waals surface area (Å²) in [6, 6.07) is 0. The van der Waals surface area contributed by atoms with Gasteiger partial charge in [-0.2, -0.15) is 0 Å². The molecule has 1 aromatic rings. The van der Waals surface area contributed by atoms with Crippen molar-refractivity contribution in [1.82, 2.24) is 9.88 Å². The van der Waals surface area contributed by atoms with Crippen LogP contribution in [0.3, 0.4) is 0 Å². The first-order chi connectivity index (χ1) is 8.89. The third kappa shape index (κ3) is 3.34. The molecule has 1 atom stereocenters. The van der Waals surface area contributed by atoms with Crippen molar-refractivity contribution in [2.75, 3.05) is 13.1 Å². The molecule has 1 saturated heterocycles. The van der Waals surface area contributed by atoms with E-state index in [9.17, 15) is 9.90 Å². The second-order valence-electron chi connectivity index (χ2n) is 5.96. The van der Waals surface area contributed by atoms with Crippen LogP contribution < -0.4 is 0 Å². The molecule has 0 bridgehead atoms. The minimum absolute atomic E-state index is 0.221. The minimum atomic E-state index is -0.691. The molecule has 0 aliphatic carbocycles. The number of aromatic nitrogens is 1. The van der Waals surface area contributed by atoms with E-state index in [0.717, 1.165) is 43.2 Å². The average molecular weight is 282 g/mol. The number of hydrogen-bond donors (Lipinski definition) is 1. The van der Waals surface area contributed by atoms with Crippen LogP contribution in [0.2, 0.25) is 0 Å². The number of carbonyl (C=O) groups is 1. The molecule has 1 aliphatic rings. The van der Waals surface area contributed by atoms with Crippen LogP contribution >= 0.6 is 11.3 Å². The monoisotopic (exact) mass is 282 g/mol. The van der Waals surface area contributed by atoms with Gasteiger partial charge in [0, 0.05) is 18.5 Å². The molecule has 0 spiro atoms. The lowest BCUT2D eigenvalue weighted by Gasteiger charge is -2.39. The molecule has 1 unspecified atom stereocenters. The van der Waals surface area contributed by atoms with Gasteiger partial charge in [-0.15, -0.1) is 11.3 Å². The van der Waals surface area contributed by atoms with Gasteiger partial charge in [-0.25, -0.2) is 4.98 Å². The van der Waals surface area contributed by atoms with Gasteiger partial charge in [0.15, 0.2) is 0 Å². The van der Waals surface area contributed by atoms with Crippen LogP contribution in [0.15, 0.2) is 5.38 Å². The smallest absolute Gasteiger partial charge is 0.309 e. The summed E-state index contributed by atoms with van der Waals surface area (Å²) < 4.78 is 0. The highest BCUT2D eigenvalue weighted by molar-refractivity contribution is 7.09. The normalized spacial score (nSPS) is 21.5. The van der Waals surface area contributed by atoms with Crippen molar-refractivity contribution in [3.8, 4) is 0 Å². The van der Waals surface area contributed by atoms with Crippen molar-refractivity contribution in [3.05, 3.63) is 16.1 Å². The summed E-state index contributed by atoms with van der Waals surface area (Å²) in [5, 5.41) is 12.5. The largest absolute Gasteiger partial charge is 0.481 e. The Morgan fingerprint density at radius 1 is 1.63 bits per heavy atom. The quantitative estimate of drug-likeness (QED) is 0.922. The summed E-state index contributed by atoms with van der Waals surface area (Å²) >= 11 is 1.67. The van der Waals surface area contributed by atoms with Crippen LogP contribution in [0.5, 0.6) is 0 Å². The van der Waals surface area contributed by atoms with Crippen molar-refractivity contribution < 1.29 is 9.90 Å². The highest BCUT2D eigenvalue weighted by Gasteiger charge is 2.39. The van der Waals surface area contributed by atoms with E-state index in [1.54, 1.807) is 11.3 Å². The third-order valence-corrected chi connectivity index (χ3v) is 4.95. The molecule has 5 heteroatoms. The van der Waals surface area contributed by atoms with E-state index in [2.05, 4.69) is 15.3 Å². The molecule has 19 heavy (non-hydrogen) atoms. The van der Waals surface area contributed by atoms with Crippen LogP contribution in [0.25, 0.3) is 0 Å². The average Bonchev–Trinajstić information content (AvgIpc) is 2.75. The zero-order chi connectivity index (χ0) is 14.0. The number of carboxylic acid groups (broad SMARTS) is 1. The van der Waals surface area contributed by atoms with E-state index in [4.69, 9.17) is 0 Å². The number of aryl methyl sites for hydroxylation is 1. The van der Waals surface area contributed by atoms with E-state index >= 15 is 0 Å². The molecule has 0 radical (unpaired) electrons. The Morgan fingerprint density at radius 2 is 2.37 bits per heavy atom. The van der Waals surface area contributed by atoms with E-state index in [1.165, 1.54) is 0 Å². The van der Waals surface area contributed by atoms with Gasteiger partial charge in [-0.1, -0.05) is 0 Å². The zero-order valence-corrected chi connectivity index (χ0v) is 12.7. The second-order valence-corrected chi connectivity index (χ2v) is 7.02. The first-order valence-corrected chi connectivity index (χ1v) is 7.64. The number of aliphatic carboxylic acids is 1. The molecule has 0 saturated carbocycles. The number of carboxylic acids is 1. The van der Waals surface area contributed by atoms with Gasteiger partial charge in [-0.3, -0.25) is 9.69 Å². The fraction of sp³-hybridized carbons (Fsp3) is 0.714. The van der Waals surface area contributed by atoms with Crippen LogP contribution in [0.4, 0.5) is 0 Å². The van der Waals surface area contributed by atoms with E-state index < -0.39 is 11.4 Å². The molecule has 2 heterocycles. The van der Waals surface area contributed by atoms with Crippen LogP contribution in [-0.2, 0) is 11.3 Å². The maximum atomic E-state index is 11.4. The molecule has 2 rings (SSSR count). The van der Waals surface area contributed by atoms with Gasteiger partial charge in [0.05, 0.1) is 16.1 Å². The summed E-state index contributed by atoms with van der Waals surface area (Å²) in [4.78, 5) is 18.2. The van der Waals surface area contributed by atoms with Gasteiger partial charge in [-0.05, 0) is 46.1 Å². The Balaban J connectivity index is 1.99. The number of nitrogens with zero attached hydrogens (tertiary/aromatic N) is 2. The molecule has 0 amide bonds. The molecular formula is C14H22N2O2S. The lowest BCUT2D eigenvalue weighted by atomic mass is 9.74. The number of thiazole rings is 1. The fourth-order valence-corrected chi connectivity index (χ4v) is 3.28. The number of piperidine rings is 1. The van der Waals surface area contributed by atoms with Crippen molar-refractivity contribution in [1.29, 1.82) is 0 Å². The molecule has 4 nitrogen and oxygen atoms in total. The predicted octanol–water partition coefficient (Wildman–Crippen LogP) is 2.77. The Kier molecular flexibility index (Phi) is 4.26. The Morgan fingerprint density at radius 3 is 2.95 bits per heavy atom. The van der Waals surface area contributed by atoms with E-state index in [0.29, 0.717) is 0 Å². The first kappa shape index (κ1) is 14.5. The maximum Gasteiger partial charge on any atom is 0.309 e. The zero-order valence-electron chi connectivity index (χ0n) is 11.8. The lowest BCUT2D eigenvalue weighted by molar-refractivity contribution is -0.151. The molecule has 0 aromatic carbocycles. The van der Waals surface area contributed by atoms with Crippen molar-refractivity contribution >= 4 is 17.3 Å². The fourth-order valence-electron chi connectivity index (χ4n) is 2.67. The lowest BCUT2D eigenvalue weighted by Crippen LogP contribution is -2.44. The molecule has 1 aliphatic heterocycles. The standard InChI is InChI=1S/C14H22N2O2S/c1-10-15-12(9-19-10)8-16-6-4-5-11(7-16)14(2,3)13(17)18/h9,11H,4-8H2,1-3H3,(H,17,18). The molecule has 106 valence electrons. The number of likely N-dealkylation sites (tertiary alicyclic amines) is 1. The number of hydrogen-bond acceptors (Lipinski definition) is 4.